The van der Waals surface area contributed by atoms with Crippen molar-refractivity contribution >= 4 is 0 Å². The highest BCUT2D eigenvalue weighted by Gasteiger charge is 1.89. The van der Waals surface area contributed by atoms with E-state index in [-0.39, 0.29) is 0 Å². The Bertz CT molecular complexity index is 89.4. The molecule has 0 bridgehead atoms. The predicted octanol–water partition coefficient (Wildman–Crippen LogP) is 3.65. The van der Waals surface area contributed by atoms with Gasteiger partial charge in [-0.3, -0.25) is 0 Å². The number of unbranched alkanes of at least 4 members (excludes halogenated alkanes) is 5. The fraction of sp³-hybridized carbons (Fsp3) is 1.00. The van der Waals surface area contributed by atoms with Crippen LogP contribution < -0.4 is 5.73 Å². The fourth-order valence-electron chi connectivity index (χ4n) is 1.60. The average molecular weight is 230 g/mol. The summed E-state index contributed by atoms with van der Waals surface area (Å²) in [6, 6.07) is 0. The highest BCUT2D eigenvalue weighted by Crippen LogP contribution is 2.03. The zero-order valence-corrected chi connectivity index (χ0v) is 12.1. The van der Waals surface area contributed by atoms with E-state index >= 15 is 0 Å². The summed E-state index contributed by atoms with van der Waals surface area (Å²) in [5.41, 5.74) is 5.34. The van der Waals surface area contributed by atoms with Crippen LogP contribution in [-0.2, 0) is 0 Å². The van der Waals surface area contributed by atoms with Crippen LogP contribution in [0.5, 0.6) is 0 Å². The quantitative estimate of drug-likeness (QED) is 0.613. The SMILES string of the molecule is CCCCCCCCN.CCN(CC)CC. The molecule has 0 aromatic carbocycles. The van der Waals surface area contributed by atoms with Gasteiger partial charge >= 0.3 is 0 Å². The van der Waals surface area contributed by atoms with Crippen LogP contribution in [-0.4, -0.2) is 31.1 Å². The van der Waals surface area contributed by atoms with E-state index in [1.807, 2.05) is 0 Å². The lowest BCUT2D eigenvalue weighted by molar-refractivity contribution is 0.321. The minimum absolute atomic E-state index is 0.867. The molecule has 0 atom stereocenters. The van der Waals surface area contributed by atoms with Gasteiger partial charge in [0.2, 0.25) is 0 Å². The molecule has 0 aromatic heterocycles. The van der Waals surface area contributed by atoms with Crippen molar-refractivity contribution in [3.8, 4) is 0 Å². The third kappa shape index (κ3) is 16.4. The molecule has 0 unspecified atom stereocenters. The molecule has 0 heterocycles. The van der Waals surface area contributed by atoms with Gasteiger partial charge in [0.05, 0.1) is 0 Å². The highest BCUT2D eigenvalue weighted by atomic mass is 15.1. The van der Waals surface area contributed by atoms with Crippen LogP contribution in [0.1, 0.15) is 66.2 Å². The number of nitrogens with two attached hydrogens (primary N) is 1. The van der Waals surface area contributed by atoms with E-state index < -0.39 is 0 Å². The first-order chi connectivity index (χ1) is 7.76. The van der Waals surface area contributed by atoms with Crippen molar-refractivity contribution in [1.82, 2.24) is 4.90 Å². The standard InChI is InChI=1S/C8H19N.C6H15N/c1-2-3-4-5-6-7-8-9;1-4-7(5-2)6-3/h2-9H2,1H3;4-6H2,1-3H3. The van der Waals surface area contributed by atoms with Gasteiger partial charge in [-0.2, -0.15) is 0 Å². The van der Waals surface area contributed by atoms with Gasteiger partial charge in [-0.05, 0) is 32.6 Å². The van der Waals surface area contributed by atoms with Crippen molar-refractivity contribution in [1.29, 1.82) is 0 Å². The van der Waals surface area contributed by atoms with Crippen LogP contribution in [0.15, 0.2) is 0 Å². The van der Waals surface area contributed by atoms with E-state index in [9.17, 15) is 0 Å². The maximum Gasteiger partial charge on any atom is -0.00474 e. The number of hydrogen-bond acceptors (Lipinski definition) is 2. The molecule has 2 N–H and O–H groups in total. The second-order valence-electron chi connectivity index (χ2n) is 4.18. The summed E-state index contributed by atoms with van der Waals surface area (Å²) < 4.78 is 0. The molecule has 0 spiro atoms. The molecule has 16 heavy (non-hydrogen) atoms. The van der Waals surface area contributed by atoms with Gasteiger partial charge < -0.3 is 10.6 Å². The van der Waals surface area contributed by atoms with Crippen molar-refractivity contribution in [3.05, 3.63) is 0 Å². The van der Waals surface area contributed by atoms with Crippen LogP contribution in [0.2, 0.25) is 0 Å². The van der Waals surface area contributed by atoms with Crippen LogP contribution in [0, 0.1) is 0 Å². The lowest BCUT2D eigenvalue weighted by Gasteiger charge is -2.13. The monoisotopic (exact) mass is 230 g/mol. The zero-order valence-electron chi connectivity index (χ0n) is 12.1. The van der Waals surface area contributed by atoms with Crippen molar-refractivity contribution in [2.24, 2.45) is 5.73 Å². The van der Waals surface area contributed by atoms with Gasteiger partial charge in [0.25, 0.3) is 0 Å². The van der Waals surface area contributed by atoms with Crippen molar-refractivity contribution < 1.29 is 0 Å². The van der Waals surface area contributed by atoms with Gasteiger partial charge in [0.15, 0.2) is 0 Å². The minimum atomic E-state index is 0.867. The summed E-state index contributed by atoms with van der Waals surface area (Å²) in [6.07, 6.45) is 8.05. The van der Waals surface area contributed by atoms with E-state index in [1.54, 1.807) is 0 Å². The Labute approximate surface area is 104 Å². The normalized spacial score (nSPS) is 10.1. The Morgan fingerprint density at radius 1 is 0.688 bits per heavy atom. The lowest BCUT2D eigenvalue weighted by Crippen LogP contribution is -2.21. The minimum Gasteiger partial charge on any atom is -0.330 e. The van der Waals surface area contributed by atoms with E-state index in [2.05, 4.69) is 32.6 Å². The van der Waals surface area contributed by atoms with E-state index in [1.165, 1.54) is 58.2 Å². The predicted molar refractivity (Wildman–Crippen MR) is 75.9 cm³/mol. The van der Waals surface area contributed by atoms with Crippen molar-refractivity contribution in [2.75, 3.05) is 26.2 Å². The molecular formula is C14H34N2. The molecule has 0 aliphatic carbocycles. The van der Waals surface area contributed by atoms with E-state index in [4.69, 9.17) is 5.73 Å². The summed E-state index contributed by atoms with van der Waals surface area (Å²) in [7, 11) is 0. The lowest BCUT2D eigenvalue weighted by atomic mass is 10.1. The molecule has 0 saturated carbocycles. The molecule has 0 aliphatic rings. The average Bonchev–Trinajstić information content (AvgIpc) is 2.32. The first-order valence-electron chi connectivity index (χ1n) is 7.19. The summed E-state index contributed by atoms with van der Waals surface area (Å²) in [4.78, 5) is 2.38. The van der Waals surface area contributed by atoms with Crippen LogP contribution in [0.4, 0.5) is 0 Å². The van der Waals surface area contributed by atoms with E-state index in [0.717, 1.165) is 6.54 Å². The molecule has 0 rings (SSSR count). The Morgan fingerprint density at radius 2 is 1.12 bits per heavy atom. The van der Waals surface area contributed by atoms with Gasteiger partial charge in [-0.25, -0.2) is 0 Å². The maximum atomic E-state index is 5.34. The fourth-order valence-corrected chi connectivity index (χ4v) is 1.60. The summed E-state index contributed by atoms with van der Waals surface area (Å²) in [5, 5.41) is 0. The smallest absolute Gasteiger partial charge is 0.00474 e. The molecule has 0 radical (unpaired) electrons. The summed E-state index contributed by atoms with van der Waals surface area (Å²) in [5.74, 6) is 0. The Hall–Kier alpha value is -0.0800. The van der Waals surface area contributed by atoms with Crippen LogP contribution >= 0.6 is 0 Å². The Balaban J connectivity index is 0. The molecular weight excluding hydrogens is 196 g/mol. The van der Waals surface area contributed by atoms with Crippen molar-refractivity contribution in [2.45, 2.75) is 66.2 Å². The molecule has 0 saturated heterocycles. The molecule has 0 aliphatic heterocycles. The van der Waals surface area contributed by atoms with Gasteiger partial charge in [0.1, 0.15) is 0 Å². The van der Waals surface area contributed by atoms with Gasteiger partial charge in [0, 0.05) is 0 Å². The molecule has 2 heteroatoms. The van der Waals surface area contributed by atoms with Gasteiger partial charge in [-0.15, -0.1) is 0 Å². The summed E-state index contributed by atoms with van der Waals surface area (Å²) >= 11 is 0. The number of nitrogens with zero attached hydrogens (tertiary/aromatic N) is 1. The topological polar surface area (TPSA) is 29.3 Å². The third-order valence-corrected chi connectivity index (χ3v) is 2.90. The maximum absolute atomic E-state index is 5.34. The largest absolute Gasteiger partial charge is 0.330 e. The first-order valence-corrected chi connectivity index (χ1v) is 7.19. The molecule has 2 nitrogen and oxygen atoms in total. The Kier molecular flexibility index (Phi) is 19.8. The van der Waals surface area contributed by atoms with Crippen molar-refractivity contribution in [3.63, 3.8) is 0 Å². The summed E-state index contributed by atoms with van der Waals surface area (Å²) in [6.45, 7) is 13.2. The second kappa shape index (κ2) is 17.3. The zero-order chi connectivity index (χ0) is 12.6. The molecule has 0 amide bonds. The van der Waals surface area contributed by atoms with Gasteiger partial charge in [-0.1, -0.05) is 59.8 Å². The van der Waals surface area contributed by atoms with Crippen LogP contribution in [0.25, 0.3) is 0 Å². The highest BCUT2D eigenvalue weighted by molar-refractivity contribution is 4.44. The van der Waals surface area contributed by atoms with Crippen LogP contribution in [0.3, 0.4) is 0 Å². The molecule has 100 valence electrons. The first kappa shape index (κ1) is 18.3. The second-order valence-corrected chi connectivity index (χ2v) is 4.18. The third-order valence-electron chi connectivity index (χ3n) is 2.90. The van der Waals surface area contributed by atoms with E-state index in [0.29, 0.717) is 0 Å². The molecule has 0 fully saturated rings. The Morgan fingerprint density at radius 3 is 1.44 bits per heavy atom. The molecule has 0 aromatic rings. The number of rotatable bonds is 9. The number of hydrogen-bond donors (Lipinski definition) is 1.